The van der Waals surface area contributed by atoms with Crippen LogP contribution in [0.2, 0.25) is 5.02 Å². The Morgan fingerprint density at radius 3 is 2.21 bits per heavy atom. The average molecular weight is 396 g/mol. The molecule has 0 heterocycles. The summed E-state index contributed by atoms with van der Waals surface area (Å²) in [7, 11) is 0. The van der Waals surface area contributed by atoms with Crippen molar-refractivity contribution in [2.24, 2.45) is 0 Å². The minimum Gasteiger partial charge on any atom is -0.490 e. The predicted octanol–water partition coefficient (Wildman–Crippen LogP) is 6.17. The highest BCUT2D eigenvalue weighted by Gasteiger charge is 2.13. The molecule has 3 aromatic carbocycles. The van der Waals surface area contributed by atoms with Gasteiger partial charge in [0.1, 0.15) is 6.61 Å². The quantitative estimate of drug-likeness (QED) is 0.470. The topological polar surface area (TPSA) is 30.5 Å². The van der Waals surface area contributed by atoms with Crippen LogP contribution in [-0.4, -0.2) is 6.61 Å². The van der Waals surface area contributed by atoms with Crippen molar-refractivity contribution < 1.29 is 9.47 Å². The third kappa shape index (κ3) is 5.51. The van der Waals surface area contributed by atoms with E-state index in [2.05, 4.69) is 24.4 Å². The molecule has 28 heavy (non-hydrogen) atoms. The first-order valence-corrected chi connectivity index (χ1v) is 9.95. The van der Waals surface area contributed by atoms with Gasteiger partial charge in [-0.2, -0.15) is 0 Å². The summed E-state index contributed by atoms with van der Waals surface area (Å²) in [6.07, 6.45) is 0. The van der Waals surface area contributed by atoms with Gasteiger partial charge in [0.25, 0.3) is 0 Å². The van der Waals surface area contributed by atoms with Crippen LogP contribution in [-0.2, 0) is 13.2 Å². The van der Waals surface area contributed by atoms with Gasteiger partial charge >= 0.3 is 0 Å². The minimum absolute atomic E-state index is 0.224. The van der Waals surface area contributed by atoms with Crippen LogP contribution in [0.1, 0.15) is 36.6 Å². The van der Waals surface area contributed by atoms with Gasteiger partial charge in [-0.25, -0.2) is 0 Å². The highest BCUT2D eigenvalue weighted by molar-refractivity contribution is 6.31. The molecule has 1 atom stereocenters. The first-order chi connectivity index (χ1) is 13.7. The minimum atomic E-state index is 0.224. The number of ether oxygens (including phenoxy) is 2. The predicted molar refractivity (Wildman–Crippen MR) is 115 cm³/mol. The van der Waals surface area contributed by atoms with Gasteiger partial charge in [-0.3, -0.25) is 0 Å². The molecule has 0 aliphatic rings. The van der Waals surface area contributed by atoms with Gasteiger partial charge in [0, 0.05) is 23.7 Å². The maximum Gasteiger partial charge on any atom is 0.163 e. The molecule has 0 aliphatic heterocycles. The van der Waals surface area contributed by atoms with E-state index in [1.807, 2.05) is 67.6 Å². The number of benzene rings is 3. The van der Waals surface area contributed by atoms with Crippen molar-refractivity contribution in [2.75, 3.05) is 6.61 Å². The Kier molecular flexibility index (Phi) is 7.35. The largest absolute Gasteiger partial charge is 0.490 e. The second kappa shape index (κ2) is 10.2. The molecule has 1 unspecified atom stereocenters. The van der Waals surface area contributed by atoms with E-state index >= 15 is 0 Å². The lowest BCUT2D eigenvalue weighted by Gasteiger charge is -2.18. The number of hydrogen-bond acceptors (Lipinski definition) is 3. The first kappa shape index (κ1) is 20.2. The lowest BCUT2D eigenvalue weighted by Crippen LogP contribution is -2.18. The summed E-state index contributed by atoms with van der Waals surface area (Å²) in [5.41, 5.74) is 3.33. The Bertz CT molecular complexity index is 869. The molecule has 146 valence electrons. The molecule has 4 heteroatoms. The van der Waals surface area contributed by atoms with Crippen molar-refractivity contribution in [1.82, 2.24) is 5.32 Å². The fraction of sp³-hybridized carbons (Fsp3) is 0.250. The van der Waals surface area contributed by atoms with E-state index in [1.165, 1.54) is 5.56 Å². The molecule has 3 aromatic rings. The lowest BCUT2D eigenvalue weighted by molar-refractivity contribution is 0.269. The van der Waals surface area contributed by atoms with Crippen LogP contribution in [0.4, 0.5) is 0 Å². The van der Waals surface area contributed by atoms with Crippen LogP contribution < -0.4 is 14.8 Å². The normalized spacial score (nSPS) is 11.8. The molecule has 0 spiro atoms. The summed E-state index contributed by atoms with van der Waals surface area (Å²) in [6.45, 7) is 5.79. The van der Waals surface area contributed by atoms with Crippen molar-refractivity contribution in [3.63, 3.8) is 0 Å². The van der Waals surface area contributed by atoms with Gasteiger partial charge < -0.3 is 14.8 Å². The summed E-state index contributed by atoms with van der Waals surface area (Å²) in [4.78, 5) is 0. The molecule has 3 rings (SSSR count). The molecule has 3 nitrogen and oxygen atoms in total. The van der Waals surface area contributed by atoms with E-state index in [0.717, 1.165) is 11.1 Å². The lowest BCUT2D eigenvalue weighted by atomic mass is 10.1. The second-order valence-electron chi connectivity index (χ2n) is 6.61. The van der Waals surface area contributed by atoms with Gasteiger partial charge in [0.15, 0.2) is 11.5 Å². The van der Waals surface area contributed by atoms with Crippen molar-refractivity contribution in [3.8, 4) is 11.5 Å². The monoisotopic (exact) mass is 395 g/mol. The van der Waals surface area contributed by atoms with Crippen LogP contribution in [0.25, 0.3) is 0 Å². The van der Waals surface area contributed by atoms with Crippen LogP contribution >= 0.6 is 11.6 Å². The highest BCUT2D eigenvalue weighted by Crippen LogP contribution is 2.34. The van der Waals surface area contributed by atoms with E-state index in [-0.39, 0.29) is 6.04 Å². The Morgan fingerprint density at radius 1 is 0.893 bits per heavy atom. The zero-order valence-electron chi connectivity index (χ0n) is 16.3. The fourth-order valence-electron chi connectivity index (χ4n) is 2.95. The summed E-state index contributed by atoms with van der Waals surface area (Å²) >= 11 is 6.54. The zero-order valence-corrected chi connectivity index (χ0v) is 17.1. The third-order valence-corrected chi connectivity index (χ3v) is 4.90. The molecule has 0 saturated heterocycles. The Balaban J connectivity index is 1.71. The zero-order chi connectivity index (χ0) is 19.8. The van der Waals surface area contributed by atoms with Gasteiger partial charge in [0.05, 0.1) is 6.61 Å². The Labute approximate surface area is 172 Å². The SMILES string of the molecule is CCOc1cc(CNC(C)c2ccccc2)c(Cl)cc1OCc1ccccc1. The second-order valence-corrected chi connectivity index (χ2v) is 7.02. The molecule has 0 aromatic heterocycles. The summed E-state index contributed by atoms with van der Waals surface area (Å²) < 4.78 is 11.8. The Morgan fingerprint density at radius 2 is 1.54 bits per heavy atom. The molecular formula is C24H26ClNO2. The Hall–Kier alpha value is -2.49. The molecular weight excluding hydrogens is 370 g/mol. The van der Waals surface area contributed by atoms with Crippen LogP contribution in [0.15, 0.2) is 72.8 Å². The molecule has 0 fully saturated rings. The maximum atomic E-state index is 6.54. The molecule has 0 aliphatic carbocycles. The summed E-state index contributed by atoms with van der Waals surface area (Å²) in [5.74, 6) is 1.38. The third-order valence-electron chi connectivity index (χ3n) is 4.55. The average Bonchev–Trinajstić information content (AvgIpc) is 2.74. The first-order valence-electron chi connectivity index (χ1n) is 9.57. The number of hydrogen-bond donors (Lipinski definition) is 1. The van der Waals surface area contributed by atoms with Gasteiger partial charge in [-0.1, -0.05) is 72.3 Å². The number of nitrogens with one attached hydrogen (secondary N) is 1. The van der Waals surface area contributed by atoms with E-state index in [4.69, 9.17) is 21.1 Å². The fourth-order valence-corrected chi connectivity index (χ4v) is 3.17. The van der Waals surface area contributed by atoms with Crippen molar-refractivity contribution in [3.05, 3.63) is 94.5 Å². The van der Waals surface area contributed by atoms with Gasteiger partial charge in [-0.05, 0) is 36.6 Å². The van der Waals surface area contributed by atoms with Crippen molar-refractivity contribution in [1.29, 1.82) is 0 Å². The van der Waals surface area contributed by atoms with E-state index < -0.39 is 0 Å². The summed E-state index contributed by atoms with van der Waals surface area (Å²) in [6, 6.07) is 24.4. The van der Waals surface area contributed by atoms with Gasteiger partial charge in [0.2, 0.25) is 0 Å². The molecule has 0 bridgehead atoms. The molecule has 1 N–H and O–H groups in total. The van der Waals surface area contributed by atoms with Crippen LogP contribution in [0.5, 0.6) is 11.5 Å². The standard InChI is InChI=1S/C24H26ClNO2/c1-3-27-23-14-21(16-26-18(2)20-12-8-5-9-13-20)22(25)15-24(23)28-17-19-10-6-4-7-11-19/h4-15,18,26H,3,16-17H2,1-2H3. The van der Waals surface area contributed by atoms with E-state index in [1.54, 1.807) is 0 Å². The number of halogens is 1. The van der Waals surface area contributed by atoms with Crippen LogP contribution in [0, 0.1) is 0 Å². The summed E-state index contributed by atoms with van der Waals surface area (Å²) in [5, 5.41) is 4.19. The number of rotatable bonds is 9. The van der Waals surface area contributed by atoms with Crippen molar-refractivity contribution >= 4 is 11.6 Å². The van der Waals surface area contributed by atoms with Crippen molar-refractivity contribution in [2.45, 2.75) is 33.0 Å². The maximum absolute atomic E-state index is 6.54. The highest BCUT2D eigenvalue weighted by atomic mass is 35.5. The van der Waals surface area contributed by atoms with E-state index in [0.29, 0.717) is 36.3 Å². The molecule has 0 amide bonds. The van der Waals surface area contributed by atoms with Gasteiger partial charge in [-0.15, -0.1) is 0 Å². The smallest absolute Gasteiger partial charge is 0.163 e. The molecule has 0 saturated carbocycles. The van der Waals surface area contributed by atoms with E-state index in [9.17, 15) is 0 Å². The van der Waals surface area contributed by atoms with Crippen LogP contribution in [0.3, 0.4) is 0 Å². The molecule has 0 radical (unpaired) electrons.